The predicted molar refractivity (Wildman–Crippen MR) is 230 cm³/mol. The molecule has 7 fully saturated rings. The molecule has 5 aliphatic carbocycles. The summed E-state index contributed by atoms with van der Waals surface area (Å²) in [6, 6.07) is 0. The van der Waals surface area contributed by atoms with Gasteiger partial charge < -0.3 is 99.9 Å². The van der Waals surface area contributed by atoms with E-state index in [0.717, 1.165) is 5.57 Å². The zero-order valence-electron chi connectivity index (χ0n) is 39.8. The Morgan fingerprint density at radius 2 is 1.31 bits per heavy atom. The maximum absolute atomic E-state index is 12.8. The molecule has 8 aliphatic rings. The molecule has 0 spiro atoms. The van der Waals surface area contributed by atoms with Crippen LogP contribution in [0.1, 0.15) is 87.0 Å². The van der Waals surface area contributed by atoms with Gasteiger partial charge in [-0.05, 0) is 77.9 Å². The smallest absolute Gasteiger partial charge is 0.335 e. The van der Waals surface area contributed by atoms with E-state index in [2.05, 4.69) is 19.9 Å². The number of aliphatic carboxylic acids is 1. The van der Waals surface area contributed by atoms with Gasteiger partial charge in [-0.3, -0.25) is 0 Å². The van der Waals surface area contributed by atoms with Gasteiger partial charge in [0.15, 0.2) is 25.0 Å². The number of hydrogen-bond donors (Lipinski definition) is 14. The number of aliphatic hydroxyl groups is 13. The van der Waals surface area contributed by atoms with Gasteiger partial charge in [0.05, 0.1) is 55.8 Å². The minimum absolute atomic E-state index is 0.0772. The number of carboxylic acids is 1. The Kier molecular flexibility index (Phi) is 14.1. The van der Waals surface area contributed by atoms with E-state index in [1.807, 2.05) is 34.6 Å². The minimum Gasteiger partial charge on any atom is -0.479 e. The normalized spacial score (nSPS) is 55.4. The fourth-order valence-electron chi connectivity index (χ4n) is 15.2. The molecule has 3 aliphatic heterocycles. The van der Waals surface area contributed by atoms with Crippen LogP contribution in [0.25, 0.3) is 0 Å². The summed E-state index contributed by atoms with van der Waals surface area (Å²) in [7, 11) is 0. The van der Waals surface area contributed by atoms with Crippen molar-refractivity contribution < 1.29 is 105 Å². The van der Waals surface area contributed by atoms with E-state index in [0.29, 0.717) is 38.5 Å². The second-order valence-corrected chi connectivity index (χ2v) is 23.3. The van der Waals surface area contributed by atoms with Crippen LogP contribution >= 0.6 is 0 Å². The van der Waals surface area contributed by atoms with E-state index in [1.165, 1.54) is 0 Å². The lowest BCUT2D eigenvalue weighted by Crippen LogP contribution is -2.76. The van der Waals surface area contributed by atoms with Crippen LogP contribution in [0, 0.1) is 50.2 Å². The van der Waals surface area contributed by atoms with Crippen molar-refractivity contribution in [3.63, 3.8) is 0 Å². The fourth-order valence-corrected chi connectivity index (χ4v) is 15.2. The Balaban J connectivity index is 1.12. The van der Waals surface area contributed by atoms with Gasteiger partial charge in [-0.15, -0.1) is 0 Å². The quantitative estimate of drug-likeness (QED) is 0.0821. The van der Waals surface area contributed by atoms with Gasteiger partial charge in [-0.2, -0.15) is 0 Å². The first-order valence-corrected chi connectivity index (χ1v) is 24.1. The Morgan fingerprint density at radius 3 is 1.94 bits per heavy atom. The van der Waals surface area contributed by atoms with Crippen LogP contribution in [0.3, 0.4) is 0 Å². The molecule has 4 unspecified atom stereocenters. The summed E-state index contributed by atoms with van der Waals surface area (Å²) in [6.07, 6.45) is -26.8. The van der Waals surface area contributed by atoms with Crippen molar-refractivity contribution in [1.82, 2.24) is 0 Å². The van der Waals surface area contributed by atoms with Crippen molar-refractivity contribution in [2.75, 3.05) is 19.8 Å². The highest BCUT2D eigenvalue weighted by molar-refractivity contribution is 5.73. The van der Waals surface area contributed by atoms with Crippen molar-refractivity contribution in [3.05, 3.63) is 11.6 Å². The van der Waals surface area contributed by atoms with Crippen molar-refractivity contribution in [3.8, 4) is 0 Å². The highest BCUT2D eigenvalue weighted by atomic mass is 16.8. The van der Waals surface area contributed by atoms with Gasteiger partial charge in [-0.1, -0.05) is 60.1 Å². The highest BCUT2D eigenvalue weighted by Gasteiger charge is 2.75. The number of hydrogen-bond acceptors (Lipinski definition) is 20. The summed E-state index contributed by atoms with van der Waals surface area (Å²) >= 11 is 0. The molecule has 0 radical (unpaired) electrons. The third kappa shape index (κ3) is 7.54. The third-order valence-corrected chi connectivity index (χ3v) is 19.4. The van der Waals surface area contributed by atoms with E-state index in [1.54, 1.807) is 0 Å². The molecule has 0 amide bonds. The van der Waals surface area contributed by atoms with E-state index < -0.39 is 181 Å². The second-order valence-electron chi connectivity index (χ2n) is 23.3. The Hall–Kier alpha value is -1.55. The Bertz CT molecular complexity index is 1880. The highest BCUT2D eigenvalue weighted by Crippen LogP contribution is 2.76. The van der Waals surface area contributed by atoms with Crippen LogP contribution in [-0.2, 0) is 33.2 Å². The van der Waals surface area contributed by atoms with Gasteiger partial charge in [0, 0.05) is 5.41 Å². The first-order chi connectivity index (χ1) is 31.6. The largest absolute Gasteiger partial charge is 0.479 e. The molecule has 8 rings (SSSR count). The molecule has 26 atom stereocenters. The minimum atomic E-state index is -2.10. The molecule has 4 saturated carbocycles. The SMILES string of the molecule is CC1(C)C(O[C@@H]2O[C@H](C(=O)O)[C@@H](O)[C@H](O[C@@H]3OC[C@@H](O)C(O)[C@@H]3O)[C@H]2O[C@@H]2O[C@H](CO)[C@@H](O)[C@H](O)[C@H]2O)CC[C@@]2(C)C1CC[C@]1(C)C2CC=C2[C@H]3CC(C)(C)[C@@H](O)[C@H](O)[C@]3(CO)[C@H](O)[C@H](O)[C@]21C. The molecular weight excluding hydrogens is 900 g/mol. The number of fused-ring (bicyclic) bond motifs is 7. The lowest BCUT2D eigenvalue weighted by molar-refractivity contribution is -0.392. The van der Waals surface area contributed by atoms with Crippen molar-refractivity contribution in [2.24, 2.45) is 50.2 Å². The molecule has 0 aromatic carbocycles. The first-order valence-electron chi connectivity index (χ1n) is 24.1. The predicted octanol–water partition coefficient (Wildman–Crippen LogP) is -2.77. The summed E-state index contributed by atoms with van der Waals surface area (Å²) in [5, 5.41) is 154. The molecule has 21 nitrogen and oxygen atoms in total. The van der Waals surface area contributed by atoms with Crippen LogP contribution in [0.15, 0.2) is 11.6 Å². The first kappa shape index (κ1) is 52.8. The summed E-state index contributed by atoms with van der Waals surface area (Å²) in [4.78, 5) is 12.8. The van der Waals surface area contributed by atoms with Gasteiger partial charge in [-0.25, -0.2) is 4.79 Å². The average Bonchev–Trinajstić information content (AvgIpc) is 3.28. The maximum atomic E-state index is 12.8. The van der Waals surface area contributed by atoms with Gasteiger partial charge >= 0.3 is 5.97 Å². The molecule has 3 saturated heterocycles. The molecule has 68 heavy (non-hydrogen) atoms. The third-order valence-electron chi connectivity index (χ3n) is 19.4. The lowest BCUT2D eigenvalue weighted by Gasteiger charge is -2.73. The maximum Gasteiger partial charge on any atom is 0.335 e. The Morgan fingerprint density at radius 1 is 0.676 bits per heavy atom. The standard InChI is InChI=1S/C47H76O21/c1-42(2)14-19-18-8-9-23-44(5)12-11-24(43(3,4)22(44)10-13-45(23,6)46(18,7)35(58)37(60)47(19,17-49)36(59)34(42)57)65-41-33(68-40-29(55)27(53)26(52)21(15-48)64-40)31(30(56)32(67-41)38(61)62)66-39-28(54)25(51)20(50)16-63-39/h8,19-37,39-41,48-60H,9-17H2,1-7H3,(H,61,62)/t19-,20-,21-,22?,23?,24?,25?,26-,27+,28+,29-,30+,31+,32+,33-,34+,35+,36+,37-,39+,40+,41-,44+,45-,46+,47-/m1/s1. The summed E-state index contributed by atoms with van der Waals surface area (Å²) in [6.45, 7) is 12.1. The topological polar surface area (TPSA) is 356 Å². The molecule has 14 N–H and O–H groups in total. The van der Waals surface area contributed by atoms with Crippen molar-refractivity contribution >= 4 is 5.97 Å². The van der Waals surface area contributed by atoms with Gasteiger partial charge in [0.25, 0.3) is 0 Å². The van der Waals surface area contributed by atoms with Crippen LogP contribution in [-0.4, -0.2) is 214 Å². The van der Waals surface area contributed by atoms with Gasteiger partial charge in [0.2, 0.25) is 0 Å². The molecule has 21 heteroatoms. The van der Waals surface area contributed by atoms with Gasteiger partial charge in [0.1, 0.15) is 61.0 Å². The van der Waals surface area contributed by atoms with Crippen LogP contribution in [0.2, 0.25) is 0 Å². The molecule has 0 bridgehead atoms. The van der Waals surface area contributed by atoms with Crippen molar-refractivity contribution in [2.45, 2.75) is 204 Å². The monoisotopic (exact) mass is 976 g/mol. The van der Waals surface area contributed by atoms with Crippen molar-refractivity contribution in [1.29, 1.82) is 0 Å². The molecule has 0 aromatic heterocycles. The second kappa shape index (κ2) is 18.1. The fraction of sp³-hybridized carbons (Fsp3) is 0.936. The number of rotatable bonds is 9. The number of allylic oxidation sites excluding steroid dienone is 1. The van der Waals surface area contributed by atoms with E-state index in [9.17, 15) is 76.3 Å². The summed E-state index contributed by atoms with van der Waals surface area (Å²) in [5.74, 6) is -2.36. The number of aliphatic hydroxyl groups excluding tert-OH is 13. The summed E-state index contributed by atoms with van der Waals surface area (Å²) in [5.41, 5.74) is -4.33. The Labute approximate surface area is 395 Å². The zero-order valence-corrected chi connectivity index (χ0v) is 39.8. The average molecular weight is 977 g/mol. The van der Waals surface area contributed by atoms with Crippen LogP contribution in [0.5, 0.6) is 0 Å². The molecular formula is C47H76O21. The van der Waals surface area contributed by atoms with Crippen LogP contribution in [0.4, 0.5) is 0 Å². The molecule has 3 heterocycles. The molecule has 0 aromatic rings. The van der Waals surface area contributed by atoms with E-state index in [-0.39, 0.29) is 11.8 Å². The summed E-state index contributed by atoms with van der Waals surface area (Å²) < 4.78 is 36.1. The lowest BCUT2D eigenvalue weighted by atomic mass is 9.32. The van der Waals surface area contributed by atoms with Crippen LogP contribution < -0.4 is 0 Å². The number of carboxylic acid groups (broad SMARTS) is 1. The van der Waals surface area contributed by atoms with E-state index >= 15 is 0 Å². The number of ether oxygens (including phenoxy) is 6. The van der Waals surface area contributed by atoms with E-state index in [4.69, 9.17) is 28.4 Å². The molecule has 390 valence electrons. The number of carbonyl (C=O) groups is 1. The zero-order chi connectivity index (χ0) is 50.2.